The van der Waals surface area contributed by atoms with Gasteiger partial charge in [-0.2, -0.15) is 13.2 Å². The first kappa shape index (κ1) is 13.8. The highest BCUT2D eigenvalue weighted by molar-refractivity contribution is 5.87. The van der Waals surface area contributed by atoms with Crippen molar-refractivity contribution in [1.82, 2.24) is 4.90 Å². The van der Waals surface area contributed by atoms with Crippen LogP contribution >= 0.6 is 0 Å². The Hall–Kier alpha value is -1.31. The number of alkyl halides is 3. The van der Waals surface area contributed by atoms with Crippen LogP contribution in [0.1, 0.15) is 12.8 Å². The summed E-state index contributed by atoms with van der Waals surface area (Å²) in [6.45, 7) is -0.516. The summed E-state index contributed by atoms with van der Waals surface area (Å²) in [6, 6.07) is -1.28. The molecule has 0 aliphatic carbocycles. The van der Waals surface area contributed by atoms with Gasteiger partial charge in [-0.3, -0.25) is 4.79 Å². The van der Waals surface area contributed by atoms with Crippen LogP contribution in [0.25, 0.3) is 0 Å². The number of nitrogens with zero attached hydrogens (tertiary/aromatic N) is 1. The summed E-state index contributed by atoms with van der Waals surface area (Å²) in [5, 5.41) is 9.25. The number of rotatable bonds is 1. The molecule has 1 saturated heterocycles. The zero-order chi connectivity index (χ0) is 13.2. The zero-order valence-electron chi connectivity index (χ0n) is 9.03. The molecule has 1 aliphatic heterocycles. The van der Waals surface area contributed by atoms with E-state index in [1.165, 1.54) is 0 Å². The third-order valence-corrected chi connectivity index (χ3v) is 2.53. The van der Waals surface area contributed by atoms with Crippen molar-refractivity contribution >= 4 is 11.9 Å². The van der Waals surface area contributed by atoms with Crippen LogP contribution in [0.3, 0.4) is 0 Å². The van der Waals surface area contributed by atoms with Gasteiger partial charge in [0.05, 0.1) is 13.2 Å². The Bertz CT molecular complexity index is 318. The van der Waals surface area contributed by atoms with Crippen molar-refractivity contribution in [2.24, 2.45) is 0 Å². The molecule has 1 fully saturated rings. The van der Waals surface area contributed by atoms with E-state index in [1.54, 1.807) is 0 Å². The summed E-state index contributed by atoms with van der Waals surface area (Å²) in [5.74, 6) is -3.04. The number of methoxy groups -OCH3 is 1. The molecule has 0 radical (unpaired) electrons. The van der Waals surface area contributed by atoms with Crippen molar-refractivity contribution in [3.05, 3.63) is 0 Å². The normalized spacial score (nSPS) is 25.6. The summed E-state index contributed by atoms with van der Waals surface area (Å²) in [4.78, 5) is 22.6. The topological polar surface area (TPSA) is 66.8 Å². The summed E-state index contributed by atoms with van der Waals surface area (Å²) >= 11 is 0. The molecule has 17 heavy (non-hydrogen) atoms. The SMILES string of the molecule is COC(=O)C1CCC(O)CN1C(=O)C(F)(F)F. The number of halogens is 3. The highest BCUT2D eigenvalue weighted by Gasteiger charge is 2.48. The molecule has 0 aromatic carbocycles. The minimum Gasteiger partial charge on any atom is -0.467 e. The second kappa shape index (κ2) is 4.91. The standard InChI is InChI=1S/C9H12F3NO4/c1-17-7(15)6-3-2-5(14)4-13(6)8(16)9(10,11)12/h5-6,14H,2-4H2,1H3. The molecule has 0 aromatic heterocycles. The third kappa shape index (κ3) is 3.09. The number of carbonyl (C=O) groups is 2. The van der Waals surface area contributed by atoms with Crippen LogP contribution in [-0.4, -0.2) is 53.9 Å². The van der Waals surface area contributed by atoms with E-state index in [-0.39, 0.29) is 12.8 Å². The number of piperidine rings is 1. The lowest BCUT2D eigenvalue weighted by Gasteiger charge is -2.36. The van der Waals surface area contributed by atoms with Gasteiger partial charge in [-0.15, -0.1) is 0 Å². The molecule has 1 amide bonds. The maximum absolute atomic E-state index is 12.3. The van der Waals surface area contributed by atoms with Crippen molar-refractivity contribution in [3.63, 3.8) is 0 Å². The maximum Gasteiger partial charge on any atom is 0.471 e. The number of β-amino-alcohol motifs (C(OH)–C–C–N with tert-alkyl or cyclic N) is 1. The molecule has 1 rings (SSSR count). The molecule has 8 heteroatoms. The number of likely N-dealkylation sites (tertiary alicyclic amines) is 1. The Balaban J connectivity index is 2.89. The molecular formula is C9H12F3NO4. The van der Waals surface area contributed by atoms with Gasteiger partial charge in [-0.25, -0.2) is 4.79 Å². The van der Waals surface area contributed by atoms with Crippen LogP contribution in [0.15, 0.2) is 0 Å². The van der Waals surface area contributed by atoms with Crippen LogP contribution in [-0.2, 0) is 14.3 Å². The van der Waals surface area contributed by atoms with Gasteiger partial charge in [0.15, 0.2) is 0 Å². The van der Waals surface area contributed by atoms with Gasteiger partial charge in [0.25, 0.3) is 0 Å². The third-order valence-electron chi connectivity index (χ3n) is 2.53. The van der Waals surface area contributed by atoms with Gasteiger partial charge in [0.1, 0.15) is 6.04 Å². The molecule has 0 saturated carbocycles. The molecule has 1 N–H and O–H groups in total. The molecule has 1 heterocycles. The van der Waals surface area contributed by atoms with Crippen LogP contribution < -0.4 is 0 Å². The lowest BCUT2D eigenvalue weighted by Crippen LogP contribution is -2.56. The highest BCUT2D eigenvalue weighted by atomic mass is 19.4. The summed E-state index contributed by atoms with van der Waals surface area (Å²) in [7, 11) is 1.03. The van der Waals surface area contributed by atoms with Crippen LogP contribution in [0, 0.1) is 0 Å². The highest BCUT2D eigenvalue weighted by Crippen LogP contribution is 2.25. The smallest absolute Gasteiger partial charge is 0.467 e. The fourth-order valence-electron chi connectivity index (χ4n) is 1.72. The van der Waals surface area contributed by atoms with Crippen LogP contribution in [0.4, 0.5) is 13.2 Å². The van der Waals surface area contributed by atoms with Crippen LogP contribution in [0.5, 0.6) is 0 Å². The second-order valence-corrected chi connectivity index (χ2v) is 3.73. The van der Waals surface area contributed by atoms with E-state index in [0.717, 1.165) is 7.11 Å². The van der Waals surface area contributed by atoms with Gasteiger partial charge in [0.2, 0.25) is 0 Å². The van der Waals surface area contributed by atoms with Gasteiger partial charge < -0.3 is 14.7 Å². The molecule has 0 aromatic rings. The van der Waals surface area contributed by atoms with Gasteiger partial charge in [0, 0.05) is 6.54 Å². The number of aliphatic hydroxyl groups excluding tert-OH is 1. The van der Waals surface area contributed by atoms with Gasteiger partial charge >= 0.3 is 18.1 Å². The summed E-state index contributed by atoms with van der Waals surface area (Å²) in [6.07, 6.45) is -6.01. The molecule has 98 valence electrons. The number of esters is 1. The van der Waals surface area contributed by atoms with Crippen molar-refractivity contribution < 1.29 is 32.6 Å². The Morgan fingerprint density at radius 3 is 2.41 bits per heavy atom. The number of ether oxygens (including phenoxy) is 1. The predicted octanol–water partition coefficient (Wildman–Crippen LogP) is 0.0736. The number of hydrogen-bond donors (Lipinski definition) is 1. The number of aliphatic hydroxyl groups is 1. The molecular weight excluding hydrogens is 243 g/mol. The molecule has 2 atom stereocenters. The largest absolute Gasteiger partial charge is 0.471 e. The first-order valence-corrected chi connectivity index (χ1v) is 4.91. The number of carbonyl (C=O) groups excluding carboxylic acids is 2. The van der Waals surface area contributed by atoms with E-state index in [4.69, 9.17) is 0 Å². The lowest BCUT2D eigenvalue weighted by molar-refractivity contribution is -0.193. The van der Waals surface area contributed by atoms with Crippen molar-refractivity contribution in [2.45, 2.75) is 31.2 Å². The molecule has 2 unspecified atom stereocenters. The summed E-state index contributed by atoms with van der Waals surface area (Å²) < 4.78 is 41.2. The quantitative estimate of drug-likeness (QED) is 0.673. The van der Waals surface area contributed by atoms with E-state index in [2.05, 4.69) is 4.74 Å². The number of hydrogen-bond acceptors (Lipinski definition) is 4. The second-order valence-electron chi connectivity index (χ2n) is 3.73. The van der Waals surface area contributed by atoms with Crippen molar-refractivity contribution in [3.8, 4) is 0 Å². The van der Waals surface area contributed by atoms with Crippen LogP contribution in [0.2, 0.25) is 0 Å². The van der Waals surface area contributed by atoms with Gasteiger partial charge in [-0.05, 0) is 12.8 Å². The zero-order valence-corrected chi connectivity index (χ0v) is 9.03. The minimum absolute atomic E-state index is 0.0460. The Kier molecular flexibility index (Phi) is 3.97. The average molecular weight is 255 g/mol. The van der Waals surface area contributed by atoms with E-state index < -0.39 is 36.7 Å². The molecule has 0 spiro atoms. The van der Waals surface area contributed by atoms with E-state index in [1.807, 2.05) is 0 Å². The lowest BCUT2D eigenvalue weighted by atomic mass is 10.00. The Morgan fingerprint density at radius 2 is 1.94 bits per heavy atom. The maximum atomic E-state index is 12.3. The number of amides is 1. The fraction of sp³-hybridized carbons (Fsp3) is 0.778. The van der Waals surface area contributed by atoms with Gasteiger partial charge in [-0.1, -0.05) is 0 Å². The van der Waals surface area contributed by atoms with E-state index in [9.17, 15) is 27.9 Å². The monoisotopic (exact) mass is 255 g/mol. The predicted molar refractivity (Wildman–Crippen MR) is 48.8 cm³/mol. The van der Waals surface area contributed by atoms with Crippen molar-refractivity contribution in [2.75, 3.05) is 13.7 Å². The van der Waals surface area contributed by atoms with E-state index in [0.29, 0.717) is 4.90 Å². The molecule has 1 aliphatic rings. The fourth-order valence-corrected chi connectivity index (χ4v) is 1.72. The van der Waals surface area contributed by atoms with E-state index >= 15 is 0 Å². The Morgan fingerprint density at radius 1 is 1.35 bits per heavy atom. The first-order chi connectivity index (χ1) is 7.77. The Labute approximate surface area is 95.1 Å². The average Bonchev–Trinajstić information content (AvgIpc) is 2.25. The van der Waals surface area contributed by atoms with Crippen molar-refractivity contribution in [1.29, 1.82) is 0 Å². The minimum atomic E-state index is -5.07. The molecule has 0 bridgehead atoms. The molecule has 5 nitrogen and oxygen atoms in total. The summed E-state index contributed by atoms with van der Waals surface area (Å²) in [5.41, 5.74) is 0. The first-order valence-electron chi connectivity index (χ1n) is 4.91.